The van der Waals surface area contributed by atoms with Crippen molar-refractivity contribution in [2.75, 3.05) is 43.1 Å². The van der Waals surface area contributed by atoms with Gasteiger partial charge in [0.05, 0.1) is 6.61 Å². The van der Waals surface area contributed by atoms with Gasteiger partial charge < -0.3 is 24.4 Å². The first-order chi connectivity index (χ1) is 14.7. The number of ether oxygens (including phenoxy) is 3. The van der Waals surface area contributed by atoms with E-state index in [2.05, 4.69) is 10.2 Å². The van der Waals surface area contributed by atoms with E-state index in [1.807, 2.05) is 37.3 Å². The Morgan fingerprint density at radius 2 is 1.57 bits per heavy atom. The fourth-order valence-corrected chi connectivity index (χ4v) is 3.27. The van der Waals surface area contributed by atoms with Gasteiger partial charge in [-0.1, -0.05) is 12.1 Å². The zero-order chi connectivity index (χ0) is 21.2. The molecule has 1 aliphatic heterocycles. The molecule has 1 heterocycles. The largest absolute Gasteiger partial charge is 0.490 e. The van der Waals surface area contributed by atoms with Gasteiger partial charge in [-0.25, -0.2) is 4.79 Å². The van der Waals surface area contributed by atoms with E-state index in [4.69, 9.17) is 14.2 Å². The fourth-order valence-electron chi connectivity index (χ4n) is 3.27. The molecule has 1 saturated heterocycles. The summed E-state index contributed by atoms with van der Waals surface area (Å²) in [6.07, 6.45) is 3.71. The Labute approximate surface area is 176 Å². The first kappa shape index (κ1) is 21.5. The standard InChI is InChI=1S/C23H28N2O5/c1-2-28-20-8-4-5-9-21(20)29-17-23(27)30-16-22(26)24-18-10-12-19(13-11-18)25-14-6-3-7-15-25/h4-5,8-13H,2-3,6-7,14-17H2,1H3,(H,24,26). The Morgan fingerprint density at radius 3 is 2.23 bits per heavy atom. The molecule has 0 unspecified atom stereocenters. The number of nitrogens with zero attached hydrogens (tertiary/aromatic N) is 1. The lowest BCUT2D eigenvalue weighted by Gasteiger charge is -2.28. The molecule has 0 aliphatic carbocycles. The van der Waals surface area contributed by atoms with E-state index in [0.29, 0.717) is 23.8 Å². The molecule has 0 radical (unpaired) electrons. The molecule has 2 aromatic carbocycles. The SMILES string of the molecule is CCOc1ccccc1OCC(=O)OCC(=O)Nc1ccc(N2CCCCC2)cc1. The number of benzene rings is 2. The van der Waals surface area contributed by atoms with E-state index in [9.17, 15) is 9.59 Å². The molecule has 1 fully saturated rings. The van der Waals surface area contributed by atoms with Crippen LogP contribution in [0.2, 0.25) is 0 Å². The maximum Gasteiger partial charge on any atom is 0.344 e. The lowest BCUT2D eigenvalue weighted by molar-refractivity contribution is -0.149. The Hall–Kier alpha value is -3.22. The van der Waals surface area contributed by atoms with Gasteiger partial charge in [0, 0.05) is 24.5 Å². The molecule has 0 saturated carbocycles. The zero-order valence-corrected chi connectivity index (χ0v) is 17.3. The quantitative estimate of drug-likeness (QED) is 0.634. The average Bonchev–Trinajstić information content (AvgIpc) is 2.78. The smallest absolute Gasteiger partial charge is 0.344 e. The Kier molecular flexibility index (Phi) is 7.94. The predicted molar refractivity (Wildman–Crippen MR) is 115 cm³/mol. The number of amides is 1. The number of anilines is 2. The second-order valence-electron chi connectivity index (χ2n) is 6.97. The minimum absolute atomic E-state index is 0.304. The van der Waals surface area contributed by atoms with Gasteiger partial charge in [0.2, 0.25) is 0 Å². The molecule has 0 spiro atoms. The van der Waals surface area contributed by atoms with E-state index in [1.54, 1.807) is 18.2 Å². The van der Waals surface area contributed by atoms with Gasteiger partial charge in [-0.3, -0.25) is 4.79 Å². The van der Waals surface area contributed by atoms with Gasteiger partial charge in [0.1, 0.15) is 0 Å². The molecule has 1 amide bonds. The summed E-state index contributed by atoms with van der Waals surface area (Å²) >= 11 is 0. The minimum atomic E-state index is -0.628. The lowest BCUT2D eigenvalue weighted by Crippen LogP contribution is -2.29. The van der Waals surface area contributed by atoms with Crippen LogP contribution in [0.1, 0.15) is 26.2 Å². The van der Waals surface area contributed by atoms with Gasteiger partial charge in [-0.05, 0) is 62.6 Å². The van der Waals surface area contributed by atoms with E-state index in [0.717, 1.165) is 18.8 Å². The van der Waals surface area contributed by atoms with Crippen LogP contribution in [0.15, 0.2) is 48.5 Å². The van der Waals surface area contributed by atoms with Crippen molar-refractivity contribution in [3.8, 4) is 11.5 Å². The molecule has 1 N–H and O–H groups in total. The van der Waals surface area contributed by atoms with Gasteiger partial charge >= 0.3 is 5.97 Å². The number of esters is 1. The number of nitrogens with one attached hydrogen (secondary N) is 1. The maximum absolute atomic E-state index is 12.1. The number of carbonyl (C=O) groups is 2. The monoisotopic (exact) mass is 412 g/mol. The number of carbonyl (C=O) groups excluding carboxylic acids is 2. The molecule has 0 bridgehead atoms. The first-order valence-corrected chi connectivity index (χ1v) is 10.3. The van der Waals surface area contributed by atoms with Crippen molar-refractivity contribution in [1.29, 1.82) is 0 Å². The van der Waals surface area contributed by atoms with Crippen LogP contribution < -0.4 is 19.7 Å². The number of hydrogen-bond acceptors (Lipinski definition) is 6. The van der Waals surface area contributed by atoms with Crippen molar-refractivity contribution in [1.82, 2.24) is 0 Å². The molecule has 2 aromatic rings. The molecule has 0 aromatic heterocycles. The molecule has 3 rings (SSSR count). The average molecular weight is 412 g/mol. The van der Waals surface area contributed by atoms with Crippen LogP contribution in [0.25, 0.3) is 0 Å². The summed E-state index contributed by atoms with van der Waals surface area (Å²) in [4.78, 5) is 26.3. The molecule has 160 valence electrons. The Bertz CT molecular complexity index is 832. The summed E-state index contributed by atoms with van der Waals surface area (Å²) in [7, 11) is 0. The van der Waals surface area contributed by atoms with E-state index in [1.165, 1.54) is 19.3 Å². The van der Waals surface area contributed by atoms with Gasteiger partial charge in [-0.15, -0.1) is 0 Å². The van der Waals surface area contributed by atoms with Crippen molar-refractivity contribution >= 4 is 23.3 Å². The lowest BCUT2D eigenvalue weighted by atomic mass is 10.1. The highest BCUT2D eigenvalue weighted by Crippen LogP contribution is 2.26. The van der Waals surface area contributed by atoms with Crippen LogP contribution in [-0.2, 0) is 14.3 Å². The van der Waals surface area contributed by atoms with Crippen LogP contribution in [0.5, 0.6) is 11.5 Å². The van der Waals surface area contributed by atoms with Crippen LogP contribution in [0, 0.1) is 0 Å². The van der Waals surface area contributed by atoms with Crippen molar-refractivity contribution in [2.24, 2.45) is 0 Å². The molecular weight excluding hydrogens is 384 g/mol. The minimum Gasteiger partial charge on any atom is -0.490 e. The van der Waals surface area contributed by atoms with Crippen LogP contribution in [0.3, 0.4) is 0 Å². The normalized spacial score (nSPS) is 13.4. The fraction of sp³-hybridized carbons (Fsp3) is 0.391. The van der Waals surface area contributed by atoms with E-state index < -0.39 is 11.9 Å². The topological polar surface area (TPSA) is 77.1 Å². The van der Waals surface area contributed by atoms with Gasteiger partial charge in [0.25, 0.3) is 5.91 Å². The third-order valence-corrected chi connectivity index (χ3v) is 4.73. The Morgan fingerprint density at radius 1 is 0.900 bits per heavy atom. The maximum atomic E-state index is 12.1. The second-order valence-corrected chi connectivity index (χ2v) is 6.97. The van der Waals surface area contributed by atoms with Crippen LogP contribution in [0.4, 0.5) is 11.4 Å². The summed E-state index contributed by atoms with van der Waals surface area (Å²) in [5.41, 5.74) is 1.82. The second kappa shape index (κ2) is 11.1. The van der Waals surface area contributed by atoms with E-state index >= 15 is 0 Å². The van der Waals surface area contributed by atoms with Gasteiger partial charge in [-0.2, -0.15) is 0 Å². The van der Waals surface area contributed by atoms with Crippen molar-refractivity contribution < 1.29 is 23.8 Å². The molecule has 1 aliphatic rings. The first-order valence-electron chi connectivity index (χ1n) is 10.3. The van der Waals surface area contributed by atoms with Crippen molar-refractivity contribution in [3.05, 3.63) is 48.5 Å². The third-order valence-electron chi connectivity index (χ3n) is 4.73. The highest BCUT2D eigenvalue weighted by molar-refractivity contribution is 5.93. The number of piperidine rings is 1. The summed E-state index contributed by atoms with van der Waals surface area (Å²) in [6, 6.07) is 14.8. The molecule has 30 heavy (non-hydrogen) atoms. The molecular formula is C23H28N2O5. The zero-order valence-electron chi connectivity index (χ0n) is 17.3. The van der Waals surface area contributed by atoms with Crippen molar-refractivity contribution in [3.63, 3.8) is 0 Å². The summed E-state index contributed by atoms with van der Waals surface area (Å²) < 4.78 is 15.9. The van der Waals surface area contributed by atoms with Gasteiger partial charge in [0.15, 0.2) is 24.7 Å². The van der Waals surface area contributed by atoms with Crippen LogP contribution in [-0.4, -0.2) is 44.8 Å². The third kappa shape index (κ3) is 6.40. The number of hydrogen-bond donors (Lipinski definition) is 1. The summed E-state index contributed by atoms with van der Waals surface area (Å²) in [5, 5.41) is 2.73. The van der Waals surface area contributed by atoms with Crippen LogP contribution >= 0.6 is 0 Å². The molecule has 0 atom stereocenters. The number of rotatable bonds is 9. The Balaban J connectivity index is 1.40. The summed E-state index contributed by atoms with van der Waals surface area (Å²) in [5.74, 6) is -0.0197. The molecule has 7 heteroatoms. The highest BCUT2D eigenvalue weighted by Gasteiger charge is 2.13. The van der Waals surface area contributed by atoms with E-state index in [-0.39, 0.29) is 13.2 Å². The highest BCUT2D eigenvalue weighted by atomic mass is 16.6. The van der Waals surface area contributed by atoms with Crippen molar-refractivity contribution in [2.45, 2.75) is 26.2 Å². The predicted octanol–water partition coefficient (Wildman–Crippen LogP) is 3.64. The summed E-state index contributed by atoms with van der Waals surface area (Å²) in [6.45, 7) is 3.82. The molecule has 7 nitrogen and oxygen atoms in total. The number of para-hydroxylation sites is 2.